The molecule has 0 N–H and O–H groups in total. The van der Waals surface area contributed by atoms with Gasteiger partial charge in [0, 0.05) is 13.0 Å². The molecule has 1 heterocycles. The first kappa shape index (κ1) is 18.2. The number of aryl methyl sites for hydroxylation is 1. The highest BCUT2D eigenvalue weighted by atomic mass is 16.6. The number of rotatable bonds is 7. The van der Waals surface area contributed by atoms with E-state index in [0.717, 1.165) is 11.3 Å². The molecule has 2 aromatic rings. The summed E-state index contributed by atoms with van der Waals surface area (Å²) < 4.78 is 11.7. The smallest absolute Gasteiger partial charge is 0.342 e. The van der Waals surface area contributed by atoms with E-state index in [0.29, 0.717) is 5.82 Å². The number of carbonyl (C=O) groups is 1. The maximum absolute atomic E-state index is 11.9. The van der Waals surface area contributed by atoms with Crippen LogP contribution in [0.5, 0.6) is 5.75 Å². The Bertz CT molecular complexity index is 780. The summed E-state index contributed by atoms with van der Waals surface area (Å²) >= 11 is 0. The zero-order valence-electron chi connectivity index (χ0n) is 14.2. The Morgan fingerprint density at radius 3 is 2.68 bits per heavy atom. The molecule has 1 aromatic carbocycles. The molecule has 1 unspecified atom stereocenters. The summed E-state index contributed by atoms with van der Waals surface area (Å²) in [4.78, 5) is 26.3. The highest BCUT2D eigenvalue weighted by molar-refractivity contribution is 5.87. The molecule has 0 bridgehead atoms. The van der Waals surface area contributed by atoms with Crippen molar-refractivity contribution in [3.63, 3.8) is 0 Å². The topological polar surface area (TPSA) is 96.5 Å². The Balaban J connectivity index is 1.94. The highest BCUT2D eigenvalue weighted by Gasteiger charge is 2.21. The van der Waals surface area contributed by atoms with Crippen LogP contribution in [0.4, 0.5) is 5.82 Å². The van der Waals surface area contributed by atoms with Crippen LogP contribution in [-0.4, -0.2) is 33.7 Å². The van der Waals surface area contributed by atoms with E-state index < -0.39 is 17.0 Å². The van der Waals surface area contributed by atoms with Crippen LogP contribution in [0.2, 0.25) is 0 Å². The van der Waals surface area contributed by atoms with E-state index in [-0.39, 0.29) is 12.4 Å². The molecule has 0 saturated heterocycles. The van der Waals surface area contributed by atoms with Crippen molar-refractivity contribution in [3.05, 3.63) is 58.0 Å². The summed E-state index contributed by atoms with van der Waals surface area (Å²) in [6, 6.07) is 7.19. The van der Waals surface area contributed by atoms with E-state index >= 15 is 0 Å². The second-order valence-electron chi connectivity index (χ2n) is 5.39. The van der Waals surface area contributed by atoms with E-state index in [9.17, 15) is 14.9 Å². The fourth-order valence-electron chi connectivity index (χ4n) is 2.24. The minimum Gasteiger partial charge on any atom is -0.497 e. The van der Waals surface area contributed by atoms with Crippen LogP contribution in [0.25, 0.3) is 6.08 Å². The van der Waals surface area contributed by atoms with Gasteiger partial charge < -0.3 is 19.6 Å². The average Bonchev–Trinajstić information content (AvgIpc) is 2.94. The van der Waals surface area contributed by atoms with Crippen molar-refractivity contribution < 1.29 is 19.2 Å². The SMILES string of the molecule is COc1ccc(/C=C/C(=O)OC(C)Cn2c([N+](=O)[O-])cnc2C)cc1. The van der Waals surface area contributed by atoms with Crippen molar-refractivity contribution in [1.82, 2.24) is 9.55 Å². The van der Waals surface area contributed by atoms with Crippen molar-refractivity contribution in [2.45, 2.75) is 26.5 Å². The summed E-state index contributed by atoms with van der Waals surface area (Å²) in [5.74, 6) is 0.562. The van der Waals surface area contributed by atoms with Gasteiger partial charge in [0.15, 0.2) is 5.82 Å². The van der Waals surface area contributed by atoms with Crippen molar-refractivity contribution in [3.8, 4) is 5.75 Å². The molecular weight excluding hydrogens is 326 g/mol. The lowest BCUT2D eigenvalue weighted by molar-refractivity contribution is -0.392. The molecule has 0 amide bonds. The van der Waals surface area contributed by atoms with Gasteiger partial charge in [-0.05, 0) is 35.6 Å². The third-order valence-corrected chi connectivity index (χ3v) is 3.51. The number of ether oxygens (including phenoxy) is 2. The Kier molecular flexibility index (Phi) is 5.89. The quantitative estimate of drug-likeness (QED) is 0.331. The van der Waals surface area contributed by atoms with E-state index in [1.165, 1.54) is 16.8 Å². The molecule has 2 rings (SSSR count). The van der Waals surface area contributed by atoms with Crippen molar-refractivity contribution >= 4 is 17.9 Å². The van der Waals surface area contributed by atoms with Crippen LogP contribution in [0.3, 0.4) is 0 Å². The number of methoxy groups -OCH3 is 1. The van der Waals surface area contributed by atoms with Crippen LogP contribution in [0, 0.1) is 17.0 Å². The number of nitrogens with zero attached hydrogens (tertiary/aromatic N) is 3. The van der Waals surface area contributed by atoms with Gasteiger partial charge in [-0.2, -0.15) is 0 Å². The number of nitro groups is 1. The largest absolute Gasteiger partial charge is 0.497 e. The molecule has 0 saturated carbocycles. The summed E-state index contributed by atoms with van der Waals surface area (Å²) in [6.07, 6.45) is 3.58. The fraction of sp³-hybridized carbons (Fsp3) is 0.294. The van der Waals surface area contributed by atoms with E-state index in [2.05, 4.69) is 4.98 Å². The second kappa shape index (κ2) is 8.09. The molecule has 0 aliphatic carbocycles. The molecule has 25 heavy (non-hydrogen) atoms. The Hall–Kier alpha value is -3.16. The van der Waals surface area contributed by atoms with Crippen LogP contribution < -0.4 is 4.74 Å². The minimum atomic E-state index is -0.542. The number of carbonyl (C=O) groups excluding carboxylic acids is 1. The first-order valence-electron chi connectivity index (χ1n) is 7.60. The monoisotopic (exact) mass is 345 g/mol. The van der Waals surface area contributed by atoms with Gasteiger partial charge in [0.1, 0.15) is 24.6 Å². The zero-order valence-corrected chi connectivity index (χ0v) is 14.2. The standard InChI is InChI=1S/C17H19N3O5/c1-12(11-19-13(2)18-10-16(19)20(22)23)25-17(21)9-6-14-4-7-15(24-3)8-5-14/h4-10,12H,11H2,1-3H3/b9-6+. The third kappa shape index (κ3) is 4.90. The molecule has 132 valence electrons. The summed E-state index contributed by atoms with van der Waals surface area (Å²) in [5, 5.41) is 11.0. The molecule has 0 aliphatic heterocycles. The maximum atomic E-state index is 11.9. The van der Waals surface area contributed by atoms with E-state index in [1.54, 1.807) is 39.2 Å². The zero-order chi connectivity index (χ0) is 18.4. The van der Waals surface area contributed by atoms with E-state index in [4.69, 9.17) is 9.47 Å². The molecule has 0 spiro atoms. The van der Waals surface area contributed by atoms with Crippen LogP contribution in [0.15, 0.2) is 36.5 Å². The first-order chi connectivity index (χ1) is 11.9. The summed E-state index contributed by atoms with van der Waals surface area (Å²) in [7, 11) is 1.58. The van der Waals surface area contributed by atoms with Crippen molar-refractivity contribution in [2.75, 3.05) is 7.11 Å². The van der Waals surface area contributed by atoms with Gasteiger partial charge in [-0.3, -0.25) is 0 Å². The van der Waals surface area contributed by atoms with Gasteiger partial charge in [-0.15, -0.1) is 0 Å². The van der Waals surface area contributed by atoms with Crippen LogP contribution >= 0.6 is 0 Å². The predicted molar refractivity (Wildman–Crippen MR) is 91.2 cm³/mol. The fourth-order valence-corrected chi connectivity index (χ4v) is 2.24. The first-order valence-corrected chi connectivity index (χ1v) is 7.60. The van der Waals surface area contributed by atoms with E-state index in [1.807, 2.05) is 12.1 Å². The lowest BCUT2D eigenvalue weighted by Gasteiger charge is -2.11. The number of hydrogen-bond acceptors (Lipinski definition) is 6. The van der Waals surface area contributed by atoms with Gasteiger partial charge >= 0.3 is 11.8 Å². The minimum absolute atomic E-state index is 0.130. The van der Waals surface area contributed by atoms with Gasteiger partial charge in [0.2, 0.25) is 0 Å². The third-order valence-electron chi connectivity index (χ3n) is 3.51. The highest BCUT2D eigenvalue weighted by Crippen LogP contribution is 2.15. The Labute approximate surface area is 144 Å². The van der Waals surface area contributed by atoms with Crippen molar-refractivity contribution in [2.24, 2.45) is 0 Å². The molecule has 0 fully saturated rings. The molecule has 1 aromatic heterocycles. The summed E-state index contributed by atoms with van der Waals surface area (Å²) in [6.45, 7) is 3.48. The number of imidazole rings is 1. The average molecular weight is 345 g/mol. The number of benzene rings is 1. The normalized spacial score (nSPS) is 12.1. The molecule has 0 radical (unpaired) electrons. The summed E-state index contributed by atoms with van der Waals surface area (Å²) in [5.41, 5.74) is 0.825. The molecular formula is C17H19N3O5. The number of aromatic nitrogens is 2. The van der Waals surface area contributed by atoms with Crippen LogP contribution in [-0.2, 0) is 16.1 Å². The molecule has 0 aliphatic rings. The second-order valence-corrected chi connectivity index (χ2v) is 5.39. The molecule has 8 heteroatoms. The van der Waals surface area contributed by atoms with Gasteiger partial charge in [-0.25, -0.2) is 14.3 Å². The lowest BCUT2D eigenvalue weighted by Crippen LogP contribution is -2.21. The van der Waals surface area contributed by atoms with Gasteiger partial charge in [0.05, 0.1) is 7.11 Å². The maximum Gasteiger partial charge on any atom is 0.342 e. The molecule has 8 nitrogen and oxygen atoms in total. The lowest BCUT2D eigenvalue weighted by atomic mass is 10.2. The molecule has 1 atom stereocenters. The van der Waals surface area contributed by atoms with Crippen molar-refractivity contribution in [1.29, 1.82) is 0 Å². The number of hydrogen-bond donors (Lipinski definition) is 0. The van der Waals surface area contributed by atoms with Crippen LogP contribution in [0.1, 0.15) is 18.3 Å². The Morgan fingerprint density at radius 1 is 1.40 bits per heavy atom. The van der Waals surface area contributed by atoms with Gasteiger partial charge in [-0.1, -0.05) is 12.1 Å². The van der Waals surface area contributed by atoms with Gasteiger partial charge in [0.25, 0.3) is 0 Å². The number of esters is 1. The Morgan fingerprint density at radius 2 is 2.08 bits per heavy atom. The predicted octanol–water partition coefficient (Wildman–Crippen LogP) is 2.75.